The van der Waals surface area contributed by atoms with E-state index in [1.165, 1.54) is 0 Å². The summed E-state index contributed by atoms with van der Waals surface area (Å²) >= 11 is 0. The smallest absolute Gasteiger partial charge is 0.249 e. The van der Waals surface area contributed by atoms with Crippen LogP contribution in [0.1, 0.15) is 28.9 Å². The molecule has 3 N–H and O–H groups in total. The number of amides is 1. The van der Waals surface area contributed by atoms with E-state index in [0.717, 1.165) is 40.3 Å². The number of rotatable bonds is 7. The van der Waals surface area contributed by atoms with Gasteiger partial charge in [0.25, 0.3) is 0 Å². The van der Waals surface area contributed by atoms with E-state index in [1.54, 1.807) is 25.8 Å². The van der Waals surface area contributed by atoms with Gasteiger partial charge < -0.3 is 25.3 Å². The van der Waals surface area contributed by atoms with Crippen molar-refractivity contribution < 1.29 is 9.53 Å². The number of anilines is 1. The average molecular weight is 495 g/mol. The monoisotopic (exact) mass is 494 g/mol. The Kier molecular flexibility index (Phi) is 6.89. The SMILES string of the molecule is COc1cc(/C(N)=C/NC2CCc3ccccc3N(Cc3ccccn3)C2=O)ccc1-n1cnc(C)c1. The molecule has 2 aromatic heterocycles. The van der Waals surface area contributed by atoms with Crippen LogP contribution >= 0.6 is 0 Å². The Labute approximate surface area is 216 Å². The van der Waals surface area contributed by atoms with Crippen LogP contribution < -0.4 is 20.7 Å². The second kappa shape index (κ2) is 10.6. The molecule has 4 aromatic rings. The fraction of sp³-hybridized carbons (Fsp3) is 0.207. The molecular formula is C29H30N6O2. The number of ether oxygens (including phenoxy) is 1. The average Bonchev–Trinajstić information content (AvgIpc) is 3.32. The number of carbonyl (C=O) groups is 1. The van der Waals surface area contributed by atoms with Gasteiger partial charge >= 0.3 is 0 Å². The summed E-state index contributed by atoms with van der Waals surface area (Å²) in [5.41, 5.74) is 12.4. The molecule has 37 heavy (non-hydrogen) atoms. The molecule has 0 radical (unpaired) electrons. The molecular weight excluding hydrogens is 464 g/mol. The second-order valence-electron chi connectivity index (χ2n) is 9.04. The number of para-hydroxylation sites is 1. The van der Waals surface area contributed by atoms with Crippen LogP contribution in [0, 0.1) is 6.92 Å². The summed E-state index contributed by atoms with van der Waals surface area (Å²) in [6, 6.07) is 19.1. The van der Waals surface area contributed by atoms with Crippen molar-refractivity contribution in [1.29, 1.82) is 0 Å². The Morgan fingerprint density at radius 3 is 2.73 bits per heavy atom. The fourth-order valence-corrected chi connectivity index (χ4v) is 4.58. The zero-order valence-corrected chi connectivity index (χ0v) is 21.0. The number of hydrogen-bond acceptors (Lipinski definition) is 6. The Balaban J connectivity index is 1.38. The molecule has 5 rings (SSSR count). The van der Waals surface area contributed by atoms with Crippen LogP contribution in [-0.4, -0.2) is 33.6 Å². The maximum Gasteiger partial charge on any atom is 0.249 e. The standard InChI is InChI=1S/C29H30N6O2/c1-20-17-34(19-33-20)27-13-11-22(15-28(27)37-2)24(30)16-32-25-12-10-21-7-3-4-9-26(21)35(29(25)36)18-23-8-5-6-14-31-23/h3-9,11,13-17,19,25,32H,10,12,18,30H2,1-2H3/b24-16-. The number of carbonyl (C=O) groups excluding carboxylic acids is 1. The maximum absolute atomic E-state index is 13.7. The Hall–Kier alpha value is -4.59. The highest BCUT2D eigenvalue weighted by Crippen LogP contribution is 2.29. The minimum Gasteiger partial charge on any atom is -0.495 e. The van der Waals surface area contributed by atoms with E-state index in [9.17, 15) is 4.79 Å². The van der Waals surface area contributed by atoms with Crippen molar-refractivity contribution in [2.24, 2.45) is 5.73 Å². The van der Waals surface area contributed by atoms with Crippen molar-refractivity contribution in [3.05, 3.63) is 108 Å². The molecule has 0 fully saturated rings. The van der Waals surface area contributed by atoms with Gasteiger partial charge in [0, 0.05) is 29.8 Å². The van der Waals surface area contributed by atoms with Gasteiger partial charge in [0.05, 0.1) is 42.8 Å². The summed E-state index contributed by atoms with van der Waals surface area (Å²) in [5, 5.41) is 3.29. The number of imidazole rings is 1. The van der Waals surface area contributed by atoms with E-state index in [4.69, 9.17) is 10.5 Å². The molecule has 1 aliphatic heterocycles. The highest BCUT2D eigenvalue weighted by Gasteiger charge is 2.30. The first-order valence-electron chi connectivity index (χ1n) is 12.2. The van der Waals surface area contributed by atoms with Gasteiger partial charge in [0.1, 0.15) is 11.8 Å². The Morgan fingerprint density at radius 2 is 1.97 bits per heavy atom. The summed E-state index contributed by atoms with van der Waals surface area (Å²) < 4.78 is 7.53. The van der Waals surface area contributed by atoms with Gasteiger partial charge in [-0.2, -0.15) is 0 Å². The molecule has 1 unspecified atom stereocenters. The van der Waals surface area contributed by atoms with Gasteiger partial charge in [0.2, 0.25) is 5.91 Å². The normalized spacial score (nSPS) is 15.7. The number of aryl methyl sites for hydroxylation is 2. The largest absolute Gasteiger partial charge is 0.495 e. The van der Waals surface area contributed by atoms with Crippen molar-refractivity contribution in [1.82, 2.24) is 19.9 Å². The van der Waals surface area contributed by atoms with Crippen LogP contribution in [0.15, 0.2) is 85.6 Å². The van der Waals surface area contributed by atoms with Crippen LogP contribution in [-0.2, 0) is 17.8 Å². The molecule has 1 aliphatic rings. The second-order valence-corrected chi connectivity index (χ2v) is 9.04. The molecule has 0 aliphatic carbocycles. The predicted octanol–water partition coefficient (Wildman–Crippen LogP) is 3.98. The van der Waals surface area contributed by atoms with Gasteiger partial charge in [-0.15, -0.1) is 0 Å². The van der Waals surface area contributed by atoms with Crippen LogP contribution in [0.2, 0.25) is 0 Å². The number of methoxy groups -OCH3 is 1. The van der Waals surface area contributed by atoms with E-state index < -0.39 is 6.04 Å². The zero-order chi connectivity index (χ0) is 25.8. The van der Waals surface area contributed by atoms with Crippen LogP contribution in [0.5, 0.6) is 5.75 Å². The highest BCUT2D eigenvalue weighted by molar-refractivity contribution is 5.98. The summed E-state index contributed by atoms with van der Waals surface area (Å²) in [4.78, 5) is 24.2. The number of nitrogens with two attached hydrogens (primary N) is 1. The van der Waals surface area contributed by atoms with E-state index in [0.29, 0.717) is 24.4 Å². The summed E-state index contributed by atoms with van der Waals surface area (Å²) in [7, 11) is 1.63. The van der Waals surface area contributed by atoms with Crippen molar-refractivity contribution in [3.63, 3.8) is 0 Å². The zero-order valence-electron chi connectivity index (χ0n) is 21.0. The third-order valence-electron chi connectivity index (χ3n) is 6.54. The maximum atomic E-state index is 13.7. The van der Waals surface area contributed by atoms with Crippen molar-refractivity contribution in [2.45, 2.75) is 32.4 Å². The third-order valence-corrected chi connectivity index (χ3v) is 6.54. The lowest BCUT2D eigenvalue weighted by Gasteiger charge is -2.26. The molecule has 188 valence electrons. The van der Waals surface area contributed by atoms with Crippen molar-refractivity contribution >= 4 is 17.3 Å². The van der Waals surface area contributed by atoms with Crippen LogP contribution in [0.4, 0.5) is 5.69 Å². The first-order chi connectivity index (χ1) is 18.0. The van der Waals surface area contributed by atoms with Gasteiger partial charge in [-0.1, -0.05) is 30.3 Å². The predicted molar refractivity (Wildman–Crippen MR) is 144 cm³/mol. The molecule has 3 heterocycles. The quantitative estimate of drug-likeness (QED) is 0.403. The van der Waals surface area contributed by atoms with Gasteiger partial charge in [-0.25, -0.2) is 4.98 Å². The lowest BCUT2D eigenvalue weighted by Crippen LogP contribution is -2.44. The van der Waals surface area contributed by atoms with Crippen molar-refractivity contribution in [2.75, 3.05) is 12.0 Å². The van der Waals surface area contributed by atoms with Gasteiger partial charge in [-0.05, 0) is 55.7 Å². The molecule has 0 saturated carbocycles. The summed E-state index contributed by atoms with van der Waals surface area (Å²) in [6.45, 7) is 2.34. The number of pyridine rings is 1. The summed E-state index contributed by atoms with van der Waals surface area (Å²) in [6.07, 6.45) is 8.58. The number of hydrogen-bond donors (Lipinski definition) is 2. The third kappa shape index (κ3) is 5.18. The van der Waals surface area contributed by atoms with E-state index in [1.807, 2.05) is 77.2 Å². The summed E-state index contributed by atoms with van der Waals surface area (Å²) in [5.74, 6) is 0.664. The fourth-order valence-electron chi connectivity index (χ4n) is 4.58. The molecule has 0 saturated heterocycles. The Morgan fingerprint density at radius 1 is 1.14 bits per heavy atom. The molecule has 0 bridgehead atoms. The molecule has 2 aromatic carbocycles. The lowest BCUT2D eigenvalue weighted by molar-refractivity contribution is -0.120. The number of nitrogens with zero attached hydrogens (tertiary/aromatic N) is 4. The Bertz CT molecular complexity index is 1430. The lowest BCUT2D eigenvalue weighted by atomic mass is 10.1. The van der Waals surface area contributed by atoms with Gasteiger partial charge in [0.15, 0.2) is 0 Å². The topological polar surface area (TPSA) is 98.3 Å². The number of aromatic nitrogens is 3. The first-order valence-corrected chi connectivity index (χ1v) is 12.2. The van der Waals surface area contributed by atoms with Crippen LogP contribution in [0.25, 0.3) is 11.4 Å². The molecule has 1 amide bonds. The van der Waals surface area contributed by atoms with E-state index in [-0.39, 0.29) is 5.91 Å². The molecule has 0 spiro atoms. The highest BCUT2D eigenvalue weighted by atomic mass is 16.5. The van der Waals surface area contributed by atoms with Crippen LogP contribution in [0.3, 0.4) is 0 Å². The minimum absolute atomic E-state index is 0.0111. The molecule has 8 nitrogen and oxygen atoms in total. The molecule has 8 heteroatoms. The van der Waals surface area contributed by atoms with E-state index >= 15 is 0 Å². The number of fused-ring (bicyclic) bond motifs is 1. The number of benzene rings is 2. The minimum atomic E-state index is -0.426. The van der Waals surface area contributed by atoms with Gasteiger partial charge in [-0.3, -0.25) is 9.78 Å². The number of nitrogens with one attached hydrogen (secondary N) is 1. The van der Waals surface area contributed by atoms with Crippen molar-refractivity contribution in [3.8, 4) is 11.4 Å². The molecule has 1 atom stereocenters. The van der Waals surface area contributed by atoms with E-state index in [2.05, 4.69) is 21.4 Å². The first kappa shape index (κ1) is 24.1.